The second kappa shape index (κ2) is 5.23. The molecule has 0 bridgehead atoms. The van der Waals surface area contributed by atoms with Gasteiger partial charge in [-0.1, -0.05) is 24.3 Å². The maximum atomic E-state index is 10.9. The lowest BCUT2D eigenvalue weighted by Crippen LogP contribution is -1.93. The summed E-state index contributed by atoms with van der Waals surface area (Å²) in [6.45, 7) is 3.66. The third kappa shape index (κ3) is 2.43. The van der Waals surface area contributed by atoms with Gasteiger partial charge in [0.2, 0.25) is 0 Å². The molecule has 0 saturated heterocycles. The molecule has 2 aromatic rings. The van der Waals surface area contributed by atoms with Crippen molar-refractivity contribution in [3.8, 4) is 11.3 Å². The van der Waals surface area contributed by atoms with Gasteiger partial charge in [0.15, 0.2) is 0 Å². The SMILES string of the molecule is C=CCc1ccc(-c2ccccc2[N+](=O)[O-])nc1. The molecular weight excluding hydrogens is 228 g/mol. The smallest absolute Gasteiger partial charge is 0.258 e. The van der Waals surface area contributed by atoms with Crippen LogP contribution < -0.4 is 0 Å². The van der Waals surface area contributed by atoms with Crippen molar-refractivity contribution in [3.63, 3.8) is 0 Å². The molecule has 0 aliphatic carbocycles. The Kier molecular flexibility index (Phi) is 3.48. The molecule has 1 aromatic carbocycles. The standard InChI is InChI=1S/C14H12N2O2/c1-2-5-11-8-9-13(15-10-11)12-6-3-4-7-14(12)16(17)18/h2-4,6-10H,1,5H2. The van der Waals surface area contributed by atoms with Crippen molar-refractivity contribution in [2.75, 3.05) is 0 Å². The molecule has 1 aromatic heterocycles. The van der Waals surface area contributed by atoms with Crippen LogP contribution in [0, 0.1) is 10.1 Å². The van der Waals surface area contributed by atoms with E-state index in [0.29, 0.717) is 11.3 Å². The summed E-state index contributed by atoms with van der Waals surface area (Å²) >= 11 is 0. The number of rotatable bonds is 4. The van der Waals surface area contributed by atoms with Crippen LogP contribution in [0.4, 0.5) is 5.69 Å². The molecule has 2 rings (SSSR count). The molecule has 4 heteroatoms. The molecule has 0 N–H and O–H groups in total. The number of hydrogen-bond donors (Lipinski definition) is 0. The fourth-order valence-electron chi connectivity index (χ4n) is 1.72. The van der Waals surface area contributed by atoms with Crippen molar-refractivity contribution in [1.82, 2.24) is 4.98 Å². The Hall–Kier alpha value is -2.49. The molecule has 0 saturated carbocycles. The largest absolute Gasteiger partial charge is 0.278 e. The first kappa shape index (κ1) is 12.0. The number of allylic oxidation sites excluding steroid dienone is 1. The Bertz CT molecular complexity index is 577. The van der Waals surface area contributed by atoms with E-state index in [1.54, 1.807) is 36.5 Å². The highest BCUT2D eigenvalue weighted by Crippen LogP contribution is 2.27. The molecule has 0 fully saturated rings. The monoisotopic (exact) mass is 240 g/mol. The highest BCUT2D eigenvalue weighted by molar-refractivity contribution is 5.70. The lowest BCUT2D eigenvalue weighted by molar-refractivity contribution is -0.384. The predicted octanol–water partition coefficient (Wildman–Crippen LogP) is 3.39. The number of nitro groups is 1. The fourth-order valence-corrected chi connectivity index (χ4v) is 1.72. The molecule has 0 atom stereocenters. The van der Waals surface area contributed by atoms with E-state index in [9.17, 15) is 10.1 Å². The van der Waals surface area contributed by atoms with Gasteiger partial charge in [0.1, 0.15) is 0 Å². The first-order chi connectivity index (χ1) is 8.72. The van der Waals surface area contributed by atoms with Crippen molar-refractivity contribution < 1.29 is 4.92 Å². The number of hydrogen-bond acceptors (Lipinski definition) is 3. The number of nitro benzene ring substituents is 1. The Morgan fingerprint density at radius 2 is 2.06 bits per heavy atom. The van der Waals surface area contributed by atoms with Crippen LogP contribution in [-0.4, -0.2) is 9.91 Å². The summed E-state index contributed by atoms with van der Waals surface area (Å²) in [6.07, 6.45) is 4.25. The Labute approximate surface area is 105 Å². The van der Waals surface area contributed by atoms with Crippen molar-refractivity contribution in [2.45, 2.75) is 6.42 Å². The minimum atomic E-state index is -0.394. The molecular formula is C14H12N2O2. The van der Waals surface area contributed by atoms with Gasteiger partial charge in [0, 0.05) is 12.3 Å². The van der Waals surface area contributed by atoms with Gasteiger partial charge < -0.3 is 0 Å². The molecule has 0 unspecified atom stereocenters. The van der Waals surface area contributed by atoms with E-state index in [1.807, 2.05) is 6.07 Å². The van der Waals surface area contributed by atoms with Crippen molar-refractivity contribution >= 4 is 5.69 Å². The van der Waals surface area contributed by atoms with Crippen LogP contribution in [0.3, 0.4) is 0 Å². The zero-order valence-corrected chi connectivity index (χ0v) is 9.74. The van der Waals surface area contributed by atoms with E-state index in [2.05, 4.69) is 11.6 Å². The third-order valence-corrected chi connectivity index (χ3v) is 2.58. The number of benzene rings is 1. The summed E-state index contributed by atoms with van der Waals surface area (Å²) in [6, 6.07) is 10.3. The average molecular weight is 240 g/mol. The topological polar surface area (TPSA) is 56.0 Å². The number of para-hydroxylation sites is 1. The zero-order chi connectivity index (χ0) is 13.0. The molecule has 90 valence electrons. The molecule has 4 nitrogen and oxygen atoms in total. The van der Waals surface area contributed by atoms with E-state index in [-0.39, 0.29) is 5.69 Å². The first-order valence-electron chi connectivity index (χ1n) is 5.52. The van der Waals surface area contributed by atoms with Gasteiger partial charge in [0.25, 0.3) is 5.69 Å². The van der Waals surface area contributed by atoms with Gasteiger partial charge >= 0.3 is 0 Å². The molecule has 0 aliphatic heterocycles. The van der Waals surface area contributed by atoms with Crippen LogP contribution in [0.5, 0.6) is 0 Å². The fraction of sp³-hybridized carbons (Fsp3) is 0.0714. The Morgan fingerprint density at radius 1 is 1.28 bits per heavy atom. The third-order valence-electron chi connectivity index (χ3n) is 2.58. The van der Waals surface area contributed by atoms with Crippen LogP contribution >= 0.6 is 0 Å². The minimum Gasteiger partial charge on any atom is -0.258 e. The first-order valence-corrected chi connectivity index (χ1v) is 5.52. The summed E-state index contributed by atoms with van der Waals surface area (Å²) in [4.78, 5) is 14.8. The van der Waals surface area contributed by atoms with Crippen molar-refractivity contribution in [1.29, 1.82) is 0 Å². The van der Waals surface area contributed by atoms with Crippen LogP contribution in [0.2, 0.25) is 0 Å². The zero-order valence-electron chi connectivity index (χ0n) is 9.74. The number of aromatic nitrogens is 1. The van der Waals surface area contributed by atoms with Crippen molar-refractivity contribution in [2.24, 2.45) is 0 Å². The van der Waals surface area contributed by atoms with Gasteiger partial charge in [-0.15, -0.1) is 6.58 Å². The highest BCUT2D eigenvalue weighted by atomic mass is 16.6. The summed E-state index contributed by atoms with van der Waals surface area (Å²) in [5, 5.41) is 10.9. The highest BCUT2D eigenvalue weighted by Gasteiger charge is 2.14. The van der Waals surface area contributed by atoms with E-state index in [0.717, 1.165) is 12.0 Å². The van der Waals surface area contributed by atoms with Crippen LogP contribution in [0.25, 0.3) is 11.3 Å². The summed E-state index contributed by atoms with van der Waals surface area (Å²) in [7, 11) is 0. The van der Waals surface area contributed by atoms with E-state index in [4.69, 9.17) is 0 Å². The lowest BCUT2D eigenvalue weighted by Gasteiger charge is -2.03. The van der Waals surface area contributed by atoms with E-state index >= 15 is 0 Å². The predicted molar refractivity (Wildman–Crippen MR) is 70.2 cm³/mol. The average Bonchev–Trinajstić information content (AvgIpc) is 2.40. The molecule has 18 heavy (non-hydrogen) atoms. The van der Waals surface area contributed by atoms with E-state index in [1.165, 1.54) is 6.07 Å². The normalized spacial score (nSPS) is 10.0. The second-order valence-corrected chi connectivity index (χ2v) is 3.82. The molecule has 0 radical (unpaired) electrons. The summed E-state index contributed by atoms with van der Waals surface area (Å²) in [5.74, 6) is 0. The van der Waals surface area contributed by atoms with Crippen LogP contribution in [0.15, 0.2) is 55.3 Å². The van der Waals surface area contributed by atoms with Gasteiger partial charge in [-0.2, -0.15) is 0 Å². The molecule has 0 spiro atoms. The van der Waals surface area contributed by atoms with Crippen LogP contribution in [0.1, 0.15) is 5.56 Å². The minimum absolute atomic E-state index is 0.0708. The maximum absolute atomic E-state index is 10.9. The van der Waals surface area contributed by atoms with Crippen LogP contribution in [-0.2, 0) is 6.42 Å². The van der Waals surface area contributed by atoms with Gasteiger partial charge in [-0.3, -0.25) is 15.1 Å². The number of pyridine rings is 1. The molecule has 0 amide bonds. The quantitative estimate of drug-likeness (QED) is 0.467. The maximum Gasteiger partial charge on any atom is 0.278 e. The lowest BCUT2D eigenvalue weighted by atomic mass is 10.1. The van der Waals surface area contributed by atoms with Gasteiger partial charge in [-0.25, -0.2) is 0 Å². The van der Waals surface area contributed by atoms with Gasteiger partial charge in [-0.05, 0) is 24.1 Å². The van der Waals surface area contributed by atoms with E-state index < -0.39 is 4.92 Å². The molecule has 1 heterocycles. The number of nitrogens with zero attached hydrogens (tertiary/aromatic N) is 2. The Balaban J connectivity index is 2.42. The van der Waals surface area contributed by atoms with Crippen molar-refractivity contribution in [3.05, 3.63) is 70.9 Å². The summed E-state index contributed by atoms with van der Waals surface area (Å²) < 4.78 is 0. The molecule has 0 aliphatic rings. The van der Waals surface area contributed by atoms with Gasteiger partial charge in [0.05, 0.1) is 16.2 Å². The summed E-state index contributed by atoms with van der Waals surface area (Å²) in [5.41, 5.74) is 2.25. The Morgan fingerprint density at radius 3 is 2.67 bits per heavy atom. The second-order valence-electron chi connectivity index (χ2n) is 3.82.